The third-order valence-electron chi connectivity index (χ3n) is 7.07. The van der Waals surface area contributed by atoms with Crippen LogP contribution in [0.5, 0.6) is 11.5 Å². The molecule has 8 nitrogen and oxygen atoms in total. The van der Waals surface area contributed by atoms with Crippen molar-refractivity contribution in [3.05, 3.63) is 96.8 Å². The standard InChI is InChI=1S/C37H43FN6O2/c1-3-5-7-9-11-27-46-34-21-16-31(17-22-34)40-39-29-12-14-30(15-13-29)41-43-33-20-25-37(36(38)28-33)44-42-32-18-23-35(24-19-32)45-26-10-8-6-4-2/h12-25,28H,3-11,26-27H2,1-2H3. The third-order valence-corrected chi connectivity index (χ3v) is 7.07. The van der Waals surface area contributed by atoms with E-state index in [4.69, 9.17) is 9.47 Å². The van der Waals surface area contributed by atoms with Gasteiger partial charge in [-0.05, 0) is 97.8 Å². The van der Waals surface area contributed by atoms with Crippen LogP contribution in [0.2, 0.25) is 0 Å². The first-order valence-electron chi connectivity index (χ1n) is 16.2. The van der Waals surface area contributed by atoms with Crippen molar-refractivity contribution in [2.45, 2.75) is 71.6 Å². The molecule has 0 bridgehead atoms. The zero-order valence-electron chi connectivity index (χ0n) is 26.8. The van der Waals surface area contributed by atoms with Crippen molar-refractivity contribution < 1.29 is 13.9 Å². The van der Waals surface area contributed by atoms with Crippen molar-refractivity contribution in [3.63, 3.8) is 0 Å². The van der Waals surface area contributed by atoms with Crippen LogP contribution in [0.4, 0.5) is 38.5 Å². The molecule has 9 heteroatoms. The summed E-state index contributed by atoms with van der Waals surface area (Å²) in [5.41, 5.74) is 3.11. The van der Waals surface area contributed by atoms with Crippen LogP contribution < -0.4 is 9.47 Å². The fraction of sp³-hybridized carbons (Fsp3) is 0.351. The molecule has 0 unspecified atom stereocenters. The quantitative estimate of drug-likeness (QED) is 0.0768. The summed E-state index contributed by atoms with van der Waals surface area (Å²) in [5, 5.41) is 25.1. The highest BCUT2D eigenvalue weighted by Gasteiger charge is 2.04. The van der Waals surface area contributed by atoms with Crippen LogP contribution in [0.15, 0.2) is 122 Å². The first kappa shape index (κ1) is 34.1. The number of azo groups is 3. The minimum absolute atomic E-state index is 0.116. The number of benzene rings is 4. The molecule has 0 N–H and O–H groups in total. The maximum Gasteiger partial charge on any atom is 0.152 e. The lowest BCUT2D eigenvalue weighted by Gasteiger charge is -2.05. The maximum atomic E-state index is 14.7. The molecule has 4 rings (SSSR count). The van der Waals surface area contributed by atoms with Crippen molar-refractivity contribution in [3.8, 4) is 11.5 Å². The molecule has 4 aromatic rings. The molecule has 0 saturated heterocycles. The minimum atomic E-state index is -0.537. The Balaban J connectivity index is 1.23. The summed E-state index contributed by atoms with van der Waals surface area (Å²) >= 11 is 0. The molecule has 0 spiro atoms. The van der Waals surface area contributed by atoms with Gasteiger partial charge in [0.15, 0.2) is 5.82 Å². The Morgan fingerprint density at radius 3 is 1.26 bits per heavy atom. The highest BCUT2D eigenvalue weighted by Crippen LogP contribution is 2.28. The largest absolute Gasteiger partial charge is 0.494 e. The van der Waals surface area contributed by atoms with Gasteiger partial charge in [0.1, 0.15) is 17.2 Å². The lowest BCUT2D eigenvalue weighted by atomic mass is 10.2. The van der Waals surface area contributed by atoms with Gasteiger partial charge in [-0.3, -0.25) is 0 Å². The Morgan fingerprint density at radius 2 is 0.804 bits per heavy atom. The first-order valence-corrected chi connectivity index (χ1v) is 16.2. The van der Waals surface area contributed by atoms with Crippen molar-refractivity contribution in [2.24, 2.45) is 30.7 Å². The summed E-state index contributed by atoms with van der Waals surface area (Å²) in [5.74, 6) is 1.08. The van der Waals surface area contributed by atoms with Crippen LogP contribution in [0.25, 0.3) is 0 Å². The summed E-state index contributed by atoms with van der Waals surface area (Å²) in [6.07, 6.45) is 10.7. The Morgan fingerprint density at radius 1 is 0.435 bits per heavy atom. The molecule has 0 aromatic heterocycles. The summed E-state index contributed by atoms with van der Waals surface area (Å²) in [4.78, 5) is 0. The van der Waals surface area contributed by atoms with Gasteiger partial charge < -0.3 is 9.47 Å². The van der Waals surface area contributed by atoms with Crippen LogP contribution in [-0.4, -0.2) is 13.2 Å². The van der Waals surface area contributed by atoms with E-state index in [1.165, 1.54) is 57.1 Å². The van der Waals surface area contributed by atoms with Gasteiger partial charge in [0.25, 0.3) is 0 Å². The minimum Gasteiger partial charge on any atom is -0.494 e. The Labute approximate surface area is 271 Å². The van der Waals surface area contributed by atoms with Gasteiger partial charge in [-0.2, -0.15) is 25.6 Å². The average Bonchev–Trinajstić information content (AvgIpc) is 3.09. The number of hydrogen-bond donors (Lipinski definition) is 0. The van der Waals surface area contributed by atoms with E-state index < -0.39 is 5.82 Å². The molecule has 0 heterocycles. The van der Waals surface area contributed by atoms with Crippen molar-refractivity contribution in [1.29, 1.82) is 0 Å². The second-order valence-corrected chi connectivity index (χ2v) is 10.9. The zero-order valence-corrected chi connectivity index (χ0v) is 26.8. The summed E-state index contributed by atoms with van der Waals surface area (Å²) in [6.45, 7) is 5.82. The number of hydrogen-bond acceptors (Lipinski definition) is 8. The molecule has 0 fully saturated rings. The first-order chi connectivity index (χ1) is 22.6. The molecular formula is C37H43FN6O2. The molecule has 0 saturated carbocycles. The van der Waals surface area contributed by atoms with Crippen LogP contribution in [0.1, 0.15) is 71.6 Å². The SMILES string of the molecule is CCCCCCCOc1ccc(N=Nc2ccc(N=Nc3ccc(N=Nc4ccc(OCCCCCC)cc4)c(F)c3)cc2)cc1. The smallest absolute Gasteiger partial charge is 0.152 e. The number of rotatable bonds is 19. The van der Waals surface area contributed by atoms with Crippen molar-refractivity contribution in [1.82, 2.24) is 0 Å². The van der Waals surface area contributed by atoms with Gasteiger partial charge in [-0.15, -0.1) is 5.11 Å². The number of unbranched alkanes of at least 4 members (excludes halogenated alkanes) is 7. The normalized spacial score (nSPS) is 11.6. The lowest BCUT2D eigenvalue weighted by Crippen LogP contribution is -1.96. The average molecular weight is 623 g/mol. The van der Waals surface area contributed by atoms with Gasteiger partial charge in [0.05, 0.1) is 41.7 Å². The highest BCUT2D eigenvalue weighted by molar-refractivity contribution is 5.51. The van der Waals surface area contributed by atoms with Gasteiger partial charge >= 0.3 is 0 Å². The predicted octanol–water partition coefficient (Wildman–Crippen LogP) is 13.4. The fourth-order valence-corrected chi connectivity index (χ4v) is 4.40. The molecule has 0 atom stereocenters. The van der Waals surface area contributed by atoms with Crippen molar-refractivity contribution >= 4 is 34.1 Å². The molecule has 46 heavy (non-hydrogen) atoms. The molecule has 0 aliphatic carbocycles. The second kappa shape index (κ2) is 19.6. The van der Waals surface area contributed by atoms with Crippen LogP contribution in [0.3, 0.4) is 0 Å². The number of ether oxygens (including phenoxy) is 2. The Bertz CT molecular complexity index is 1540. The maximum absolute atomic E-state index is 14.7. The lowest BCUT2D eigenvalue weighted by molar-refractivity contribution is 0.304. The van der Waals surface area contributed by atoms with E-state index in [2.05, 4.69) is 44.5 Å². The Hall–Kier alpha value is -4.79. The van der Waals surface area contributed by atoms with E-state index in [0.29, 0.717) is 29.4 Å². The van der Waals surface area contributed by atoms with Gasteiger partial charge in [-0.1, -0.05) is 58.8 Å². The highest BCUT2D eigenvalue weighted by atomic mass is 19.1. The van der Waals surface area contributed by atoms with Crippen LogP contribution in [-0.2, 0) is 0 Å². The topological polar surface area (TPSA) is 92.6 Å². The fourth-order valence-electron chi connectivity index (χ4n) is 4.40. The molecule has 0 radical (unpaired) electrons. The Kier molecular flexibility index (Phi) is 14.5. The third kappa shape index (κ3) is 12.3. The van der Waals surface area contributed by atoms with E-state index >= 15 is 0 Å². The van der Waals surface area contributed by atoms with E-state index in [9.17, 15) is 4.39 Å². The summed E-state index contributed by atoms with van der Waals surface area (Å²) in [7, 11) is 0. The van der Waals surface area contributed by atoms with Crippen LogP contribution in [0, 0.1) is 5.82 Å². The number of nitrogens with zero attached hydrogens (tertiary/aromatic N) is 6. The number of halogens is 1. The molecule has 0 aliphatic rings. The summed E-state index contributed by atoms with van der Waals surface area (Å²) < 4.78 is 26.2. The summed E-state index contributed by atoms with van der Waals surface area (Å²) in [6, 6.07) is 26.4. The van der Waals surface area contributed by atoms with Crippen LogP contribution >= 0.6 is 0 Å². The van der Waals surface area contributed by atoms with Crippen molar-refractivity contribution in [2.75, 3.05) is 13.2 Å². The predicted molar refractivity (Wildman–Crippen MR) is 182 cm³/mol. The van der Waals surface area contributed by atoms with E-state index in [0.717, 1.165) is 36.6 Å². The zero-order chi connectivity index (χ0) is 32.2. The van der Waals surface area contributed by atoms with E-state index in [-0.39, 0.29) is 5.69 Å². The molecule has 240 valence electrons. The van der Waals surface area contributed by atoms with E-state index in [1.54, 1.807) is 42.5 Å². The van der Waals surface area contributed by atoms with E-state index in [1.807, 2.05) is 36.4 Å². The monoisotopic (exact) mass is 622 g/mol. The van der Waals surface area contributed by atoms with Gasteiger partial charge in [0, 0.05) is 6.07 Å². The molecule has 0 amide bonds. The van der Waals surface area contributed by atoms with Gasteiger partial charge in [-0.25, -0.2) is 4.39 Å². The molecule has 0 aliphatic heterocycles. The second-order valence-electron chi connectivity index (χ2n) is 10.9. The molecular weight excluding hydrogens is 579 g/mol. The molecule has 4 aromatic carbocycles. The van der Waals surface area contributed by atoms with Gasteiger partial charge in [0.2, 0.25) is 0 Å².